The maximum Gasteiger partial charge on any atom is 0.198 e. The Balaban J connectivity index is 2.73. The molecule has 0 aliphatic heterocycles. The fourth-order valence-electron chi connectivity index (χ4n) is 1.09. The molecule has 0 radical (unpaired) electrons. The molecule has 1 rings (SSSR count). The Morgan fingerprint density at radius 3 is 2.71 bits per heavy atom. The molecule has 1 aromatic rings. The van der Waals surface area contributed by atoms with Gasteiger partial charge in [0.05, 0.1) is 7.11 Å². The minimum absolute atomic E-state index is 0.0280. The van der Waals surface area contributed by atoms with Crippen LogP contribution < -0.4 is 4.74 Å². The summed E-state index contributed by atoms with van der Waals surface area (Å²) in [5, 5.41) is 0. The summed E-state index contributed by atoms with van der Waals surface area (Å²) in [6.07, 6.45) is 1.24. The van der Waals surface area contributed by atoms with Crippen LogP contribution in [-0.2, 0) is 11.2 Å². The smallest absolute Gasteiger partial charge is 0.198 e. The Bertz CT molecular complexity index is 337. The molecule has 0 fully saturated rings. The number of halogens is 2. The zero-order valence-electron chi connectivity index (χ0n) is 7.72. The monoisotopic (exact) mass is 320 g/mol. The number of aryl methyl sites for hydroxylation is 1. The lowest BCUT2D eigenvalue weighted by Crippen LogP contribution is -1.93. The molecule has 0 heterocycles. The molecule has 0 aliphatic carbocycles. The van der Waals surface area contributed by atoms with Gasteiger partial charge in [-0.05, 0) is 40.0 Å². The lowest BCUT2D eigenvalue weighted by molar-refractivity contribution is -0.110. The van der Waals surface area contributed by atoms with Crippen molar-refractivity contribution in [3.05, 3.63) is 28.2 Å². The fraction of sp³-hybridized carbons (Fsp3) is 0.300. The van der Waals surface area contributed by atoms with Crippen LogP contribution in [0.5, 0.6) is 5.75 Å². The Labute approximate surface area is 99.9 Å². The molecule has 0 amide bonds. The number of carbonyl (C=O) groups is 1. The molecular formula is C10H10Br2O2. The van der Waals surface area contributed by atoms with E-state index >= 15 is 0 Å². The van der Waals surface area contributed by atoms with E-state index in [9.17, 15) is 4.79 Å². The van der Waals surface area contributed by atoms with Gasteiger partial charge in [-0.25, -0.2) is 0 Å². The average Bonchev–Trinajstić information content (AvgIpc) is 2.15. The second-order valence-corrected chi connectivity index (χ2v) is 4.55. The molecule has 0 aromatic heterocycles. The molecule has 1 aromatic carbocycles. The number of methoxy groups -OCH3 is 1. The average molecular weight is 322 g/mol. The molecule has 0 unspecified atom stereocenters. The highest BCUT2D eigenvalue weighted by Crippen LogP contribution is 2.24. The van der Waals surface area contributed by atoms with E-state index < -0.39 is 0 Å². The summed E-state index contributed by atoms with van der Waals surface area (Å²) in [6.45, 7) is 0. The van der Waals surface area contributed by atoms with E-state index in [0.29, 0.717) is 6.42 Å². The first kappa shape index (κ1) is 11.7. The van der Waals surface area contributed by atoms with Crippen molar-refractivity contribution in [2.45, 2.75) is 12.8 Å². The molecule has 76 valence electrons. The van der Waals surface area contributed by atoms with Gasteiger partial charge in [-0.3, -0.25) is 4.79 Å². The second kappa shape index (κ2) is 5.51. The number of ether oxygens (including phenoxy) is 1. The summed E-state index contributed by atoms with van der Waals surface area (Å²) in [4.78, 5) is 10.7. The van der Waals surface area contributed by atoms with E-state index in [1.807, 2.05) is 18.2 Å². The molecule has 0 saturated carbocycles. The number of rotatable bonds is 4. The van der Waals surface area contributed by atoms with Crippen LogP contribution in [0.1, 0.15) is 12.0 Å². The topological polar surface area (TPSA) is 26.3 Å². The fourth-order valence-corrected chi connectivity index (χ4v) is 1.84. The van der Waals surface area contributed by atoms with Gasteiger partial charge in [0.15, 0.2) is 4.69 Å². The Morgan fingerprint density at radius 2 is 2.21 bits per heavy atom. The van der Waals surface area contributed by atoms with E-state index in [2.05, 4.69) is 31.9 Å². The summed E-state index contributed by atoms with van der Waals surface area (Å²) < 4.78 is 6.07. The first-order valence-corrected chi connectivity index (χ1v) is 5.73. The Hall–Kier alpha value is -0.350. The van der Waals surface area contributed by atoms with E-state index in [-0.39, 0.29) is 4.69 Å². The highest BCUT2D eigenvalue weighted by atomic mass is 79.9. The lowest BCUT2D eigenvalue weighted by atomic mass is 10.1. The van der Waals surface area contributed by atoms with Crippen molar-refractivity contribution in [1.82, 2.24) is 0 Å². The van der Waals surface area contributed by atoms with Crippen LogP contribution in [0.3, 0.4) is 0 Å². The summed E-state index contributed by atoms with van der Waals surface area (Å²) >= 11 is 6.34. The summed E-state index contributed by atoms with van der Waals surface area (Å²) in [6, 6.07) is 5.74. The Kier molecular flexibility index (Phi) is 4.62. The molecule has 0 atom stereocenters. The van der Waals surface area contributed by atoms with Crippen molar-refractivity contribution < 1.29 is 9.53 Å². The molecular weight excluding hydrogens is 312 g/mol. The van der Waals surface area contributed by atoms with Crippen molar-refractivity contribution >= 4 is 36.6 Å². The zero-order chi connectivity index (χ0) is 10.6. The minimum Gasteiger partial charge on any atom is -0.497 e. The maximum absolute atomic E-state index is 10.7. The van der Waals surface area contributed by atoms with Crippen molar-refractivity contribution in [2.75, 3.05) is 7.11 Å². The van der Waals surface area contributed by atoms with Gasteiger partial charge in [-0.2, -0.15) is 0 Å². The third kappa shape index (κ3) is 3.42. The number of hydrogen-bond acceptors (Lipinski definition) is 2. The van der Waals surface area contributed by atoms with Gasteiger partial charge in [0, 0.05) is 10.9 Å². The van der Waals surface area contributed by atoms with E-state index in [0.717, 1.165) is 22.2 Å². The van der Waals surface area contributed by atoms with Crippen molar-refractivity contribution in [3.63, 3.8) is 0 Å². The summed E-state index contributed by atoms with van der Waals surface area (Å²) in [7, 11) is 1.63. The van der Waals surface area contributed by atoms with Crippen LogP contribution >= 0.6 is 31.9 Å². The standard InChI is InChI=1S/C10H10Br2O2/c1-14-8-4-2-7(9(11)6-8)3-5-10(12)13/h2,4,6H,3,5H2,1H3. The van der Waals surface area contributed by atoms with Crippen LogP contribution in [0.25, 0.3) is 0 Å². The molecule has 0 bridgehead atoms. The zero-order valence-corrected chi connectivity index (χ0v) is 10.9. The van der Waals surface area contributed by atoms with Gasteiger partial charge in [-0.15, -0.1) is 0 Å². The summed E-state index contributed by atoms with van der Waals surface area (Å²) in [5.74, 6) is 0.811. The molecule has 0 saturated heterocycles. The van der Waals surface area contributed by atoms with Gasteiger partial charge in [-0.1, -0.05) is 22.0 Å². The molecule has 0 N–H and O–H groups in total. The van der Waals surface area contributed by atoms with Crippen molar-refractivity contribution in [2.24, 2.45) is 0 Å². The van der Waals surface area contributed by atoms with Crippen LogP contribution in [-0.4, -0.2) is 11.8 Å². The van der Waals surface area contributed by atoms with Gasteiger partial charge < -0.3 is 4.74 Å². The van der Waals surface area contributed by atoms with E-state index in [4.69, 9.17) is 4.74 Å². The van der Waals surface area contributed by atoms with E-state index in [1.54, 1.807) is 7.11 Å². The molecule has 0 spiro atoms. The third-order valence-electron chi connectivity index (χ3n) is 1.85. The molecule has 2 nitrogen and oxygen atoms in total. The van der Waals surface area contributed by atoms with Gasteiger partial charge >= 0.3 is 0 Å². The van der Waals surface area contributed by atoms with Crippen molar-refractivity contribution in [3.8, 4) is 5.75 Å². The van der Waals surface area contributed by atoms with Gasteiger partial charge in [0.2, 0.25) is 0 Å². The molecule has 14 heavy (non-hydrogen) atoms. The quantitative estimate of drug-likeness (QED) is 0.795. The number of benzene rings is 1. The Morgan fingerprint density at radius 1 is 1.50 bits per heavy atom. The molecule has 4 heteroatoms. The van der Waals surface area contributed by atoms with Crippen LogP contribution in [0, 0.1) is 0 Å². The number of hydrogen-bond donors (Lipinski definition) is 0. The minimum atomic E-state index is 0.0280. The van der Waals surface area contributed by atoms with Crippen LogP contribution in [0.4, 0.5) is 0 Å². The largest absolute Gasteiger partial charge is 0.497 e. The van der Waals surface area contributed by atoms with E-state index in [1.165, 1.54) is 0 Å². The summed E-state index contributed by atoms with van der Waals surface area (Å²) in [5.41, 5.74) is 1.11. The predicted molar refractivity (Wildman–Crippen MR) is 62.9 cm³/mol. The lowest BCUT2D eigenvalue weighted by Gasteiger charge is -2.05. The highest BCUT2D eigenvalue weighted by Gasteiger charge is 2.03. The van der Waals surface area contributed by atoms with Crippen LogP contribution in [0.2, 0.25) is 0 Å². The first-order chi connectivity index (χ1) is 6.63. The van der Waals surface area contributed by atoms with Gasteiger partial charge in [0.1, 0.15) is 5.75 Å². The highest BCUT2D eigenvalue weighted by molar-refractivity contribution is 9.18. The predicted octanol–water partition coefficient (Wildman–Crippen LogP) is 3.31. The SMILES string of the molecule is COc1ccc(CCC(=O)Br)c(Br)c1. The van der Waals surface area contributed by atoms with Gasteiger partial charge in [0.25, 0.3) is 0 Å². The second-order valence-electron chi connectivity index (χ2n) is 2.81. The number of carbonyl (C=O) groups excluding carboxylic acids is 1. The van der Waals surface area contributed by atoms with Crippen LogP contribution in [0.15, 0.2) is 22.7 Å². The van der Waals surface area contributed by atoms with Crippen molar-refractivity contribution in [1.29, 1.82) is 0 Å². The first-order valence-electron chi connectivity index (χ1n) is 4.14. The normalized spacial score (nSPS) is 9.93. The maximum atomic E-state index is 10.7. The third-order valence-corrected chi connectivity index (χ3v) is 2.99. The molecule has 0 aliphatic rings.